The number of hydrogen-bond acceptors (Lipinski definition) is 7. The van der Waals surface area contributed by atoms with E-state index in [9.17, 15) is 19.7 Å². The Kier molecular flexibility index (Phi) is 5.63. The molecule has 0 aliphatic rings. The van der Waals surface area contributed by atoms with Gasteiger partial charge in [-0.25, -0.2) is 14.5 Å². The van der Waals surface area contributed by atoms with Gasteiger partial charge in [-0.1, -0.05) is 12.1 Å². The quantitative estimate of drug-likeness (QED) is 0.386. The maximum absolute atomic E-state index is 12.1. The molecule has 3 rings (SSSR count). The molecular formula is C19H17N5O5. The molecule has 0 fully saturated rings. The zero-order valence-electron chi connectivity index (χ0n) is 15.7. The molecule has 0 saturated carbocycles. The Balaban J connectivity index is 1.60. The molecule has 10 heteroatoms. The van der Waals surface area contributed by atoms with Crippen molar-refractivity contribution >= 4 is 23.3 Å². The largest absolute Gasteiger partial charge is 0.452 e. The molecule has 2 aromatic heterocycles. The van der Waals surface area contributed by atoms with Crippen LogP contribution in [0.3, 0.4) is 0 Å². The van der Waals surface area contributed by atoms with E-state index in [1.165, 1.54) is 30.5 Å². The van der Waals surface area contributed by atoms with Crippen molar-refractivity contribution < 1.29 is 19.2 Å². The Labute approximate surface area is 165 Å². The summed E-state index contributed by atoms with van der Waals surface area (Å²) < 4.78 is 6.60. The third kappa shape index (κ3) is 4.61. The normalized spacial score (nSPS) is 10.4. The van der Waals surface area contributed by atoms with Crippen LogP contribution in [0.2, 0.25) is 0 Å². The fourth-order valence-corrected chi connectivity index (χ4v) is 2.63. The molecule has 0 bridgehead atoms. The van der Waals surface area contributed by atoms with E-state index in [4.69, 9.17) is 4.74 Å². The van der Waals surface area contributed by atoms with Crippen LogP contribution in [0.4, 0.5) is 11.4 Å². The average Bonchev–Trinajstić information content (AvgIpc) is 3.04. The zero-order chi connectivity index (χ0) is 21.0. The molecule has 0 aliphatic heterocycles. The van der Waals surface area contributed by atoms with Crippen molar-refractivity contribution in [3.63, 3.8) is 0 Å². The summed E-state index contributed by atoms with van der Waals surface area (Å²) in [5, 5.41) is 17.6. The van der Waals surface area contributed by atoms with Crippen LogP contribution in [0.25, 0.3) is 5.82 Å². The molecule has 148 valence electrons. The lowest BCUT2D eigenvalue weighted by Gasteiger charge is -2.08. The second-order valence-corrected chi connectivity index (χ2v) is 6.14. The second-order valence-electron chi connectivity index (χ2n) is 6.14. The highest BCUT2D eigenvalue weighted by molar-refractivity contribution is 5.96. The van der Waals surface area contributed by atoms with Gasteiger partial charge in [0, 0.05) is 18.0 Å². The highest BCUT2D eigenvalue weighted by Crippen LogP contribution is 2.23. The minimum Gasteiger partial charge on any atom is -0.452 e. The Morgan fingerprint density at radius 2 is 1.97 bits per heavy atom. The second kappa shape index (κ2) is 8.30. The number of rotatable bonds is 6. The Morgan fingerprint density at radius 3 is 2.59 bits per heavy atom. The van der Waals surface area contributed by atoms with Crippen LogP contribution >= 0.6 is 0 Å². The van der Waals surface area contributed by atoms with Gasteiger partial charge in [0.2, 0.25) is 0 Å². The van der Waals surface area contributed by atoms with Gasteiger partial charge in [-0.15, -0.1) is 0 Å². The number of nitro benzene ring substituents is 1. The number of esters is 1. The third-order valence-corrected chi connectivity index (χ3v) is 3.92. The molecular weight excluding hydrogens is 378 g/mol. The number of aromatic nitrogens is 3. The molecule has 0 saturated heterocycles. The van der Waals surface area contributed by atoms with E-state index < -0.39 is 23.4 Å². The minimum atomic E-state index is -0.741. The van der Waals surface area contributed by atoms with E-state index in [-0.39, 0.29) is 16.9 Å². The van der Waals surface area contributed by atoms with Crippen LogP contribution in [0, 0.1) is 24.0 Å². The Morgan fingerprint density at radius 1 is 1.21 bits per heavy atom. The first-order valence-electron chi connectivity index (χ1n) is 8.55. The fraction of sp³-hybridized carbons (Fsp3) is 0.158. The third-order valence-electron chi connectivity index (χ3n) is 3.92. The number of amides is 1. The summed E-state index contributed by atoms with van der Waals surface area (Å²) in [5.74, 6) is -0.892. The lowest BCUT2D eigenvalue weighted by Crippen LogP contribution is -2.21. The number of hydrogen-bond donors (Lipinski definition) is 1. The number of ether oxygens (including phenoxy) is 1. The van der Waals surface area contributed by atoms with Gasteiger partial charge in [0.25, 0.3) is 11.6 Å². The summed E-state index contributed by atoms with van der Waals surface area (Å²) in [6, 6.07) is 10.7. The molecule has 3 aromatic rings. The van der Waals surface area contributed by atoms with Crippen LogP contribution in [0.1, 0.15) is 21.7 Å². The maximum atomic E-state index is 12.1. The van der Waals surface area contributed by atoms with E-state index in [1.807, 2.05) is 19.9 Å². The first-order valence-corrected chi connectivity index (χ1v) is 8.55. The lowest BCUT2D eigenvalue weighted by molar-refractivity contribution is -0.383. The van der Waals surface area contributed by atoms with E-state index in [0.29, 0.717) is 5.82 Å². The number of carbonyl (C=O) groups is 2. The SMILES string of the molecule is Cc1cc(C)n(-c2ccc(C(=O)OCC(=O)Nc3ccccc3[N+](=O)[O-])cn2)n1. The molecule has 1 aromatic carbocycles. The molecule has 10 nitrogen and oxygen atoms in total. The molecule has 29 heavy (non-hydrogen) atoms. The van der Waals surface area contributed by atoms with Crippen LogP contribution < -0.4 is 5.32 Å². The van der Waals surface area contributed by atoms with Gasteiger partial charge < -0.3 is 10.1 Å². The first kappa shape index (κ1) is 19.7. The van der Waals surface area contributed by atoms with Gasteiger partial charge in [-0.05, 0) is 38.1 Å². The van der Waals surface area contributed by atoms with Gasteiger partial charge in [0.05, 0.1) is 16.2 Å². The molecule has 1 N–H and O–H groups in total. The van der Waals surface area contributed by atoms with Crippen molar-refractivity contribution in [2.24, 2.45) is 0 Å². The number of pyridine rings is 1. The topological polar surface area (TPSA) is 129 Å². The average molecular weight is 395 g/mol. The van der Waals surface area contributed by atoms with Crippen LogP contribution in [-0.2, 0) is 9.53 Å². The van der Waals surface area contributed by atoms with Crippen molar-refractivity contribution in [1.82, 2.24) is 14.8 Å². The van der Waals surface area contributed by atoms with Gasteiger partial charge in [-0.3, -0.25) is 14.9 Å². The highest BCUT2D eigenvalue weighted by atomic mass is 16.6. The number of benzene rings is 1. The molecule has 0 spiro atoms. The van der Waals surface area contributed by atoms with Gasteiger partial charge in [0.15, 0.2) is 12.4 Å². The molecule has 0 atom stereocenters. The lowest BCUT2D eigenvalue weighted by atomic mass is 10.2. The number of nitrogens with zero attached hydrogens (tertiary/aromatic N) is 4. The number of anilines is 1. The van der Waals surface area contributed by atoms with Crippen molar-refractivity contribution in [2.75, 3.05) is 11.9 Å². The van der Waals surface area contributed by atoms with Gasteiger partial charge in [0.1, 0.15) is 5.69 Å². The summed E-state index contributed by atoms with van der Waals surface area (Å²) in [6.45, 7) is 3.16. The van der Waals surface area contributed by atoms with Gasteiger partial charge in [-0.2, -0.15) is 5.10 Å². The standard InChI is InChI=1S/C19H17N5O5/c1-12-9-13(2)23(22-12)17-8-7-14(10-20-17)19(26)29-11-18(25)21-15-5-3-4-6-16(15)24(27)28/h3-10H,11H2,1-2H3,(H,21,25). The smallest absolute Gasteiger partial charge is 0.340 e. The van der Waals surface area contributed by atoms with E-state index in [2.05, 4.69) is 15.4 Å². The Bertz CT molecular complexity index is 1070. The monoisotopic (exact) mass is 395 g/mol. The number of aryl methyl sites for hydroxylation is 2. The zero-order valence-corrected chi connectivity index (χ0v) is 15.7. The van der Waals surface area contributed by atoms with Crippen molar-refractivity contribution in [3.8, 4) is 5.82 Å². The van der Waals surface area contributed by atoms with E-state index >= 15 is 0 Å². The van der Waals surface area contributed by atoms with Crippen LogP contribution in [0.5, 0.6) is 0 Å². The fourth-order valence-electron chi connectivity index (χ4n) is 2.63. The summed E-state index contributed by atoms with van der Waals surface area (Å²) in [7, 11) is 0. The summed E-state index contributed by atoms with van der Waals surface area (Å²) in [4.78, 5) is 38.6. The molecule has 2 heterocycles. The number of para-hydroxylation sites is 2. The number of nitro groups is 1. The first-order chi connectivity index (χ1) is 13.8. The van der Waals surface area contributed by atoms with Gasteiger partial charge >= 0.3 is 5.97 Å². The summed E-state index contributed by atoms with van der Waals surface area (Å²) >= 11 is 0. The van der Waals surface area contributed by atoms with Crippen molar-refractivity contribution in [3.05, 3.63) is 75.7 Å². The predicted molar refractivity (Wildman–Crippen MR) is 103 cm³/mol. The van der Waals surface area contributed by atoms with E-state index in [1.54, 1.807) is 16.8 Å². The van der Waals surface area contributed by atoms with E-state index in [0.717, 1.165) is 11.4 Å². The number of carbonyl (C=O) groups excluding carboxylic acids is 2. The van der Waals surface area contributed by atoms with Crippen LogP contribution in [-0.4, -0.2) is 38.2 Å². The van der Waals surface area contributed by atoms with Crippen molar-refractivity contribution in [2.45, 2.75) is 13.8 Å². The molecule has 1 amide bonds. The predicted octanol–water partition coefficient (Wildman–Crippen LogP) is 2.59. The number of nitrogens with one attached hydrogen (secondary N) is 1. The van der Waals surface area contributed by atoms with Crippen molar-refractivity contribution in [1.29, 1.82) is 0 Å². The highest BCUT2D eigenvalue weighted by Gasteiger charge is 2.16. The molecule has 0 radical (unpaired) electrons. The molecule has 0 unspecified atom stereocenters. The molecule has 0 aliphatic carbocycles. The van der Waals surface area contributed by atoms with Crippen LogP contribution in [0.15, 0.2) is 48.7 Å². The minimum absolute atomic E-state index is 0.0226. The summed E-state index contributed by atoms with van der Waals surface area (Å²) in [5.41, 5.74) is 1.67. The summed E-state index contributed by atoms with van der Waals surface area (Å²) in [6.07, 6.45) is 1.33. The Hall–Kier alpha value is -4.08. The maximum Gasteiger partial charge on any atom is 0.340 e.